The van der Waals surface area contributed by atoms with Crippen LogP contribution in [0.25, 0.3) is 0 Å². The number of carbonyl (C=O) groups excluding carboxylic acids is 1. The summed E-state index contributed by atoms with van der Waals surface area (Å²) in [5.41, 5.74) is -0.124. The van der Waals surface area contributed by atoms with Crippen LogP contribution in [-0.4, -0.2) is 63.4 Å². The Hall–Kier alpha value is -2.27. The molecule has 2 rings (SSSR count). The molecule has 0 unspecified atom stereocenters. The summed E-state index contributed by atoms with van der Waals surface area (Å²) in [5, 5.41) is 43.2. The number of benzene rings is 1. The van der Waals surface area contributed by atoms with Gasteiger partial charge >= 0.3 is 0 Å². The summed E-state index contributed by atoms with van der Waals surface area (Å²) in [6.45, 7) is 1.45. The fraction of sp³-hybridized carbons (Fsp3) is 0.611. The predicted molar refractivity (Wildman–Crippen MR) is 97.6 cm³/mol. The minimum absolute atomic E-state index is 0.124. The zero-order valence-corrected chi connectivity index (χ0v) is 15.6. The van der Waals surface area contributed by atoms with Crippen molar-refractivity contribution in [2.75, 3.05) is 6.61 Å². The van der Waals surface area contributed by atoms with Crippen LogP contribution in [0.4, 0.5) is 5.69 Å². The fourth-order valence-corrected chi connectivity index (χ4v) is 2.91. The highest BCUT2D eigenvalue weighted by Gasteiger charge is 2.46. The van der Waals surface area contributed by atoms with Crippen molar-refractivity contribution in [2.24, 2.45) is 0 Å². The third kappa shape index (κ3) is 5.61. The number of non-ortho nitro benzene ring substituents is 1. The second-order valence-corrected chi connectivity index (χ2v) is 6.63. The average molecular weight is 398 g/mol. The third-order valence-corrected chi connectivity index (χ3v) is 4.52. The lowest BCUT2D eigenvalue weighted by atomic mass is 9.96. The lowest BCUT2D eigenvalue weighted by Crippen LogP contribution is -2.65. The van der Waals surface area contributed by atoms with Gasteiger partial charge in [-0.15, -0.1) is 0 Å². The largest absolute Gasteiger partial charge is 0.463 e. The molecule has 28 heavy (non-hydrogen) atoms. The topological polar surface area (TPSA) is 151 Å². The lowest BCUT2D eigenvalue weighted by molar-refractivity contribution is -0.384. The van der Waals surface area contributed by atoms with Crippen LogP contribution in [0.1, 0.15) is 32.6 Å². The van der Waals surface area contributed by atoms with E-state index in [-0.39, 0.29) is 23.8 Å². The van der Waals surface area contributed by atoms with E-state index in [1.165, 1.54) is 24.3 Å². The molecule has 1 saturated heterocycles. The van der Waals surface area contributed by atoms with E-state index in [0.29, 0.717) is 6.42 Å². The number of unbranched alkanes of at least 4 members (excludes halogenated alkanes) is 2. The molecular formula is C18H26N2O8. The number of aliphatic hydroxyl groups is 3. The molecule has 0 aliphatic carbocycles. The van der Waals surface area contributed by atoms with E-state index in [2.05, 4.69) is 5.32 Å². The second kappa shape index (κ2) is 10.3. The van der Waals surface area contributed by atoms with Crippen LogP contribution in [0.2, 0.25) is 0 Å². The number of nitrogens with zero attached hydrogens (tertiary/aromatic N) is 1. The van der Waals surface area contributed by atoms with Crippen LogP contribution >= 0.6 is 0 Å². The molecule has 1 aromatic carbocycles. The highest BCUT2D eigenvalue weighted by Crippen LogP contribution is 2.26. The second-order valence-electron chi connectivity index (χ2n) is 6.63. The van der Waals surface area contributed by atoms with Gasteiger partial charge in [-0.05, 0) is 18.6 Å². The molecule has 1 fully saturated rings. The van der Waals surface area contributed by atoms with Gasteiger partial charge in [0.2, 0.25) is 12.2 Å². The maximum atomic E-state index is 12.2. The molecule has 0 radical (unpaired) electrons. The molecule has 0 saturated carbocycles. The first-order valence-corrected chi connectivity index (χ1v) is 9.20. The molecule has 1 aromatic rings. The van der Waals surface area contributed by atoms with Crippen LogP contribution in [0.15, 0.2) is 24.3 Å². The Labute approximate surface area is 162 Å². The number of amides is 1. The minimum Gasteiger partial charge on any atom is -0.463 e. The minimum atomic E-state index is -1.43. The Morgan fingerprint density at radius 1 is 1.25 bits per heavy atom. The molecule has 0 spiro atoms. The van der Waals surface area contributed by atoms with Crippen molar-refractivity contribution in [2.45, 2.75) is 63.3 Å². The van der Waals surface area contributed by atoms with Crippen molar-refractivity contribution in [1.29, 1.82) is 0 Å². The van der Waals surface area contributed by atoms with Gasteiger partial charge in [0, 0.05) is 18.6 Å². The number of nitro benzene ring substituents is 1. The predicted octanol–water partition coefficient (Wildman–Crippen LogP) is 0.478. The van der Waals surface area contributed by atoms with Gasteiger partial charge < -0.3 is 30.1 Å². The first kappa shape index (κ1) is 22.0. The molecular weight excluding hydrogens is 372 g/mol. The summed E-state index contributed by atoms with van der Waals surface area (Å²) in [7, 11) is 0. The van der Waals surface area contributed by atoms with Gasteiger partial charge in [0.1, 0.15) is 30.1 Å². The van der Waals surface area contributed by atoms with E-state index in [0.717, 1.165) is 12.8 Å². The van der Waals surface area contributed by atoms with Gasteiger partial charge in [-0.25, -0.2) is 0 Å². The fourth-order valence-electron chi connectivity index (χ4n) is 2.91. The molecule has 1 aliphatic rings. The summed E-state index contributed by atoms with van der Waals surface area (Å²) in [4.78, 5) is 22.4. The maximum absolute atomic E-state index is 12.2. The Kier molecular flexibility index (Phi) is 8.12. The summed E-state index contributed by atoms with van der Waals surface area (Å²) in [6.07, 6.45) is -2.38. The quantitative estimate of drug-likeness (QED) is 0.266. The number of carbonyl (C=O) groups is 1. The number of nitrogens with one attached hydrogen (secondary N) is 1. The molecule has 0 aromatic heterocycles. The maximum Gasteiger partial charge on any atom is 0.269 e. The average Bonchev–Trinajstić information content (AvgIpc) is 2.68. The molecule has 10 heteroatoms. The number of hydrogen-bond donors (Lipinski definition) is 4. The molecule has 156 valence electrons. The van der Waals surface area contributed by atoms with E-state index in [9.17, 15) is 30.2 Å². The van der Waals surface area contributed by atoms with Crippen LogP contribution in [0.5, 0.6) is 5.75 Å². The Morgan fingerprint density at radius 2 is 1.93 bits per heavy atom. The summed E-state index contributed by atoms with van der Waals surface area (Å²) in [6, 6.07) is 4.11. The summed E-state index contributed by atoms with van der Waals surface area (Å²) < 4.78 is 11.1. The molecule has 1 aliphatic heterocycles. The van der Waals surface area contributed by atoms with E-state index in [4.69, 9.17) is 9.47 Å². The summed E-state index contributed by atoms with van der Waals surface area (Å²) >= 11 is 0. The first-order valence-electron chi connectivity index (χ1n) is 9.20. The highest BCUT2D eigenvalue weighted by atomic mass is 16.7. The molecule has 10 nitrogen and oxygen atoms in total. The van der Waals surface area contributed by atoms with Crippen molar-refractivity contribution in [3.05, 3.63) is 34.4 Å². The van der Waals surface area contributed by atoms with Crippen molar-refractivity contribution < 1.29 is 34.5 Å². The molecule has 4 N–H and O–H groups in total. The normalized spacial score (nSPS) is 27.2. The highest BCUT2D eigenvalue weighted by molar-refractivity contribution is 5.76. The lowest BCUT2D eigenvalue weighted by Gasteiger charge is -2.42. The van der Waals surface area contributed by atoms with Crippen LogP contribution < -0.4 is 10.1 Å². The standard InChI is InChI=1S/C18H26N2O8/c1-2-3-4-5-14(22)19-15-17(24)16(23)13(10-21)28-18(15)27-12-8-6-11(7-9-12)20(25)26/h6-9,13,15-18,21,23-24H,2-5,10H2,1H3,(H,19,22)/t13-,15-,16+,17-,18-/m0/s1. The zero-order valence-electron chi connectivity index (χ0n) is 15.6. The van der Waals surface area contributed by atoms with Gasteiger partial charge in [0.15, 0.2) is 0 Å². The number of nitro groups is 1. The van der Waals surface area contributed by atoms with Crippen molar-refractivity contribution in [3.63, 3.8) is 0 Å². The molecule has 0 bridgehead atoms. The molecule has 1 amide bonds. The number of hydrogen-bond acceptors (Lipinski definition) is 8. The molecule has 1 heterocycles. The monoisotopic (exact) mass is 398 g/mol. The van der Waals surface area contributed by atoms with E-state index >= 15 is 0 Å². The number of ether oxygens (including phenoxy) is 2. The van der Waals surface area contributed by atoms with E-state index < -0.39 is 42.2 Å². The van der Waals surface area contributed by atoms with Gasteiger partial charge in [-0.1, -0.05) is 19.8 Å². The first-order chi connectivity index (χ1) is 13.4. The van der Waals surface area contributed by atoms with Gasteiger partial charge in [0.25, 0.3) is 5.69 Å². The van der Waals surface area contributed by atoms with Crippen LogP contribution in [0.3, 0.4) is 0 Å². The van der Waals surface area contributed by atoms with Crippen molar-refractivity contribution in [1.82, 2.24) is 5.32 Å². The summed E-state index contributed by atoms with van der Waals surface area (Å²) in [5.74, 6) is -0.117. The SMILES string of the molecule is CCCCCC(=O)N[C@@H]1[C@@H](Oc2ccc([N+](=O)[O-])cc2)O[C@@H](CO)[C@@H](O)[C@H]1O. The third-order valence-electron chi connectivity index (χ3n) is 4.52. The van der Waals surface area contributed by atoms with Gasteiger partial charge in [-0.3, -0.25) is 14.9 Å². The smallest absolute Gasteiger partial charge is 0.269 e. The zero-order chi connectivity index (χ0) is 20.7. The van der Waals surface area contributed by atoms with Crippen LogP contribution in [0, 0.1) is 10.1 Å². The number of aliphatic hydroxyl groups excluding tert-OH is 3. The van der Waals surface area contributed by atoms with Gasteiger partial charge in [-0.2, -0.15) is 0 Å². The van der Waals surface area contributed by atoms with Crippen molar-refractivity contribution >= 4 is 11.6 Å². The Balaban J connectivity index is 2.12. The van der Waals surface area contributed by atoms with Crippen LogP contribution in [-0.2, 0) is 9.53 Å². The van der Waals surface area contributed by atoms with Gasteiger partial charge in [0.05, 0.1) is 11.5 Å². The molecule has 5 atom stereocenters. The van der Waals surface area contributed by atoms with Crippen molar-refractivity contribution in [3.8, 4) is 5.75 Å². The van der Waals surface area contributed by atoms with E-state index in [1.807, 2.05) is 6.92 Å². The number of rotatable bonds is 9. The Bertz CT molecular complexity index is 653. The Morgan fingerprint density at radius 3 is 2.50 bits per heavy atom. The van der Waals surface area contributed by atoms with E-state index in [1.54, 1.807) is 0 Å².